The lowest BCUT2D eigenvalue weighted by molar-refractivity contribution is -0.139. The van der Waals surface area contributed by atoms with Crippen LogP contribution >= 0.6 is 0 Å². The zero-order valence-corrected chi connectivity index (χ0v) is 21.3. The van der Waals surface area contributed by atoms with Crippen LogP contribution in [0.5, 0.6) is 17.2 Å². The molecule has 35 heavy (non-hydrogen) atoms. The summed E-state index contributed by atoms with van der Waals surface area (Å²) in [6.45, 7) is 10.6. The summed E-state index contributed by atoms with van der Waals surface area (Å²) in [4.78, 5) is 27.9. The Balaban J connectivity index is 2.28. The van der Waals surface area contributed by atoms with Gasteiger partial charge in [-0.2, -0.15) is 0 Å². The molecule has 0 aromatic heterocycles. The van der Waals surface area contributed by atoms with Crippen molar-refractivity contribution in [1.29, 1.82) is 0 Å². The first-order chi connectivity index (χ1) is 16.5. The Hall–Kier alpha value is -3.48. The standard InChI is InChI=1S/C28H35NO6/c1-7-9-14-29-24(17-10-12-20(30)22(15-17)35-8-2)23(26(32)27(29)33)25(31)19-16-18(28(3,4)5)11-13-21(19)34-6/h10-13,15-16,24,30-31H,7-9,14H2,1-6H3/b25-23+. The van der Waals surface area contributed by atoms with Crippen molar-refractivity contribution in [3.05, 3.63) is 58.7 Å². The molecule has 1 saturated heterocycles. The largest absolute Gasteiger partial charge is 0.507 e. The molecule has 1 amide bonds. The highest BCUT2D eigenvalue weighted by Crippen LogP contribution is 2.43. The predicted molar refractivity (Wildman–Crippen MR) is 135 cm³/mol. The Morgan fingerprint density at radius 2 is 1.77 bits per heavy atom. The third-order valence-electron chi connectivity index (χ3n) is 6.21. The van der Waals surface area contributed by atoms with Gasteiger partial charge in [0.25, 0.3) is 11.7 Å². The lowest BCUT2D eigenvalue weighted by Crippen LogP contribution is -2.30. The Bertz CT molecular complexity index is 1140. The van der Waals surface area contributed by atoms with Crippen molar-refractivity contribution in [3.8, 4) is 17.2 Å². The Morgan fingerprint density at radius 1 is 1.06 bits per heavy atom. The molecule has 1 aliphatic heterocycles. The number of Topliss-reactive ketones (excluding diaryl/α,β-unsaturated/α-hetero) is 1. The lowest BCUT2D eigenvalue weighted by Gasteiger charge is -2.26. The molecule has 7 heteroatoms. The summed E-state index contributed by atoms with van der Waals surface area (Å²) < 4.78 is 11.0. The van der Waals surface area contributed by atoms with E-state index in [1.807, 2.05) is 33.8 Å². The second kappa shape index (κ2) is 10.4. The van der Waals surface area contributed by atoms with Gasteiger partial charge < -0.3 is 24.6 Å². The van der Waals surface area contributed by atoms with E-state index in [0.29, 0.717) is 36.4 Å². The van der Waals surface area contributed by atoms with E-state index < -0.39 is 17.7 Å². The first-order valence-corrected chi connectivity index (χ1v) is 12.0. The molecule has 1 fully saturated rings. The van der Waals surface area contributed by atoms with Gasteiger partial charge in [0.1, 0.15) is 11.5 Å². The number of carbonyl (C=O) groups is 2. The molecule has 1 unspecified atom stereocenters. The van der Waals surface area contributed by atoms with Crippen molar-refractivity contribution in [2.45, 2.75) is 58.9 Å². The molecule has 1 aliphatic rings. The summed E-state index contributed by atoms with van der Waals surface area (Å²) in [6.07, 6.45) is 1.53. The topological polar surface area (TPSA) is 96.3 Å². The SMILES string of the molecule is CCCCN1C(=O)C(=O)/C(=C(/O)c2cc(C(C)(C)C)ccc2OC)C1c1ccc(O)c(OCC)c1. The van der Waals surface area contributed by atoms with Gasteiger partial charge in [-0.15, -0.1) is 0 Å². The molecule has 0 spiro atoms. The minimum absolute atomic E-state index is 0.0106. The molecule has 0 bridgehead atoms. The summed E-state index contributed by atoms with van der Waals surface area (Å²) >= 11 is 0. The number of hydrogen-bond acceptors (Lipinski definition) is 6. The maximum absolute atomic E-state index is 13.3. The highest BCUT2D eigenvalue weighted by molar-refractivity contribution is 6.46. The van der Waals surface area contributed by atoms with Gasteiger partial charge in [-0.1, -0.05) is 46.2 Å². The van der Waals surface area contributed by atoms with Crippen molar-refractivity contribution < 1.29 is 29.3 Å². The summed E-state index contributed by atoms with van der Waals surface area (Å²) in [5.41, 5.74) is 1.64. The van der Waals surface area contributed by atoms with Gasteiger partial charge in [-0.05, 0) is 54.2 Å². The molecule has 2 aromatic carbocycles. The maximum Gasteiger partial charge on any atom is 0.295 e. The Morgan fingerprint density at radius 3 is 2.37 bits per heavy atom. The van der Waals surface area contributed by atoms with Gasteiger partial charge in [-0.3, -0.25) is 9.59 Å². The van der Waals surface area contributed by atoms with E-state index in [0.717, 1.165) is 12.0 Å². The number of aliphatic hydroxyl groups is 1. The van der Waals surface area contributed by atoms with Gasteiger partial charge in [0, 0.05) is 6.54 Å². The first kappa shape index (κ1) is 26.1. The van der Waals surface area contributed by atoms with Gasteiger partial charge in [0.15, 0.2) is 11.5 Å². The third-order valence-corrected chi connectivity index (χ3v) is 6.21. The molecule has 3 rings (SSSR count). The Kier molecular flexibility index (Phi) is 7.78. The molecule has 2 N–H and O–H groups in total. The average Bonchev–Trinajstić information content (AvgIpc) is 3.07. The molecule has 2 aromatic rings. The van der Waals surface area contributed by atoms with Crippen molar-refractivity contribution in [3.63, 3.8) is 0 Å². The molecule has 1 heterocycles. The van der Waals surface area contributed by atoms with Crippen LogP contribution in [0.25, 0.3) is 5.76 Å². The number of unbranched alkanes of at least 4 members (excludes halogenated alkanes) is 1. The van der Waals surface area contributed by atoms with Crippen LogP contribution < -0.4 is 9.47 Å². The number of carbonyl (C=O) groups excluding carboxylic acids is 2. The lowest BCUT2D eigenvalue weighted by atomic mass is 9.85. The van der Waals surface area contributed by atoms with Crippen LogP contribution in [-0.4, -0.2) is 47.1 Å². The molecule has 188 valence electrons. The predicted octanol–water partition coefficient (Wildman–Crippen LogP) is 5.32. The van der Waals surface area contributed by atoms with Crippen LogP contribution in [0.2, 0.25) is 0 Å². The molecule has 0 saturated carbocycles. The number of ketones is 1. The fourth-order valence-electron chi connectivity index (χ4n) is 4.26. The number of amides is 1. The van der Waals surface area contributed by atoms with E-state index in [-0.39, 0.29) is 28.2 Å². The maximum atomic E-state index is 13.3. The number of aliphatic hydroxyl groups excluding tert-OH is 1. The van der Waals surface area contributed by atoms with E-state index in [4.69, 9.17) is 9.47 Å². The van der Waals surface area contributed by atoms with Crippen molar-refractivity contribution in [2.24, 2.45) is 0 Å². The number of phenols is 1. The zero-order chi connectivity index (χ0) is 25.9. The van der Waals surface area contributed by atoms with Gasteiger partial charge >= 0.3 is 0 Å². The molecule has 0 aliphatic carbocycles. The van der Waals surface area contributed by atoms with Gasteiger partial charge in [0.05, 0.1) is 30.9 Å². The van der Waals surface area contributed by atoms with Crippen LogP contribution in [0.3, 0.4) is 0 Å². The van der Waals surface area contributed by atoms with Gasteiger partial charge in [0.2, 0.25) is 0 Å². The fraction of sp³-hybridized carbons (Fsp3) is 0.429. The summed E-state index contributed by atoms with van der Waals surface area (Å²) in [5, 5.41) is 21.7. The number of methoxy groups -OCH3 is 1. The van der Waals surface area contributed by atoms with Crippen molar-refractivity contribution >= 4 is 17.4 Å². The summed E-state index contributed by atoms with van der Waals surface area (Å²) in [6, 6.07) is 9.37. The number of phenolic OH excluding ortho intramolecular Hbond substituents is 1. The number of rotatable bonds is 8. The van der Waals surface area contributed by atoms with Crippen LogP contribution in [0.1, 0.15) is 70.2 Å². The number of likely N-dealkylation sites (tertiary alicyclic amines) is 1. The zero-order valence-electron chi connectivity index (χ0n) is 21.3. The fourth-order valence-corrected chi connectivity index (χ4v) is 4.26. The van der Waals surface area contributed by atoms with E-state index in [9.17, 15) is 19.8 Å². The minimum Gasteiger partial charge on any atom is -0.507 e. The highest BCUT2D eigenvalue weighted by atomic mass is 16.5. The smallest absolute Gasteiger partial charge is 0.295 e. The van der Waals surface area contributed by atoms with Crippen LogP contribution in [0.4, 0.5) is 0 Å². The number of aromatic hydroxyl groups is 1. The summed E-state index contributed by atoms with van der Waals surface area (Å²) in [5.74, 6) is -1.10. The quantitative estimate of drug-likeness (QED) is 0.301. The van der Waals surface area contributed by atoms with Crippen LogP contribution in [0, 0.1) is 0 Å². The second-order valence-corrected chi connectivity index (χ2v) is 9.67. The minimum atomic E-state index is -0.829. The van der Waals surface area contributed by atoms with Crippen molar-refractivity contribution in [1.82, 2.24) is 4.90 Å². The third kappa shape index (κ3) is 5.14. The van der Waals surface area contributed by atoms with Crippen molar-refractivity contribution in [2.75, 3.05) is 20.3 Å². The first-order valence-electron chi connectivity index (χ1n) is 12.0. The van der Waals surface area contributed by atoms with E-state index >= 15 is 0 Å². The number of ether oxygens (including phenoxy) is 2. The van der Waals surface area contributed by atoms with Crippen LogP contribution in [-0.2, 0) is 15.0 Å². The molecular weight excluding hydrogens is 446 g/mol. The highest BCUT2D eigenvalue weighted by Gasteiger charge is 2.46. The van der Waals surface area contributed by atoms with E-state index in [2.05, 4.69) is 0 Å². The van der Waals surface area contributed by atoms with E-state index in [1.54, 1.807) is 31.2 Å². The monoisotopic (exact) mass is 481 g/mol. The van der Waals surface area contributed by atoms with E-state index in [1.165, 1.54) is 18.1 Å². The molecule has 7 nitrogen and oxygen atoms in total. The van der Waals surface area contributed by atoms with Crippen LogP contribution in [0.15, 0.2) is 42.0 Å². The second-order valence-electron chi connectivity index (χ2n) is 9.67. The Labute approximate surface area is 207 Å². The number of nitrogens with zero attached hydrogens (tertiary/aromatic N) is 1. The molecular formula is C28H35NO6. The van der Waals surface area contributed by atoms with Gasteiger partial charge in [-0.25, -0.2) is 0 Å². The number of hydrogen-bond donors (Lipinski definition) is 2. The average molecular weight is 482 g/mol. The number of benzene rings is 2. The normalized spacial score (nSPS) is 17.7. The molecule has 1 atom stereocenters. The molecule has 0 radical (unpaired) electrons. The summed E-state index contributed by atoms with van der Waals surface area (Å²) in [7, 11) is 1.49.